The van der Waals surface area contributed by atoms with Gasteiger partial charge in [0.15, 0.2) is 0 Å². The van der Waals surface area contributed by atoms with E-state index in [0.717, 1.165) is 44.6 Å². The molecule has 0 amide bonds. The Labute approximate surface area is 310 Å². The minimum atomic E-state index is -4.55. The van der Waals surface area contributed by atoms with Crippen LogP contribution in [-0.4, -0.2) is 63.4 Å². The number of H-pyrrole nitrogens is 1. The molecule has 14 heteroatoms. The Kier molecular flexibility index (Phi) is 12.3. The number of nitrogens with one attached hydrogen (secondary N) is 3. The minimum Gasteiger partial charge on any atom is -0.374 e. The molecule has 2 aliphatic rings. The number of piperidine rings is 1. The average molecular weight is 758 g/mol. The number of hydrogen-bond donors (Lipinski definition) is 4. The van der Waals surface area contributed by atoms with Gasteiger partial charge in [-0.3, -0.25) is 19.3 Å². The highest BCUT2D eigenvalue weighted by Crippen LogP contribution is 2.42. The maximum atomic E-state index is 16.4. The molecule has 6 rings (SSSR count). The lowest BCUT2D eigenvalue weighted by molar-refractivity contribution is -0.137. The van der Waals surface area contributed by atoms with Crippen LogP contribution in [0, 0.1) is 17.1 Å². The van der Waals surface area contributed by atoms with E-state index in [1.54, 1.807) is 25.1 Å². The average Bonchev–Trinajstić information content (AvgIpc) is 3.89. The van der Waals surface area contributed by atoms with Crippen molar-refractivity contribution in [3.63, 3.8) is 0 Å². The predicted molar refractivity (Wildman–Crippen MR) is 201 cm³/mol. The van der Waals surface area contributed by atoms with Crippen LogP contribution in [0.4, 0.5) is 22.0 Å². The van der Waals surface area contributed by atoms with Crippen molar-refractivity contribution in [3.8, 4) is 16.9 Å². The Bertz CT molecular complexity index is 1970. The number of nitrogens with two attached hydrogens (primary N) is 1. The van der Waals surface area contributed by atoms with Crippen molar-refractivity contribution in [2.75, 3.05) is 26.0 Å². The number of thioether (sulfide) groups is 1. The fourth-order valence-corrected chi connectivity index (χ4v) is 8.46. The van der Waals surface area contributed by atoms with E-state index in [2.05, 4.69) is 20.2 Å². The summed E-state index contributed by atoms with van der Waals surface area (Å²) < 4.78 is 73.0. The molecule has 1 aliphatic heterocycles. The summed E-state index contributed by atoms with van der Waals surface area (Å²) in [6.07, 6.45) is 6.48. The van der Waals surface area contributed by atoms with Gasteiger partial charge in [0, 0.05) is 59.0 Å². The molecule has 0 spiro atoms. The number of aryl methyl sites for hydroxylation is 1. The zero-order valence-corrected chi connectivity index (χ0v) is 31.0. The van der Waals surface area contributed by atoms with Crippen LogP contribution in [0.25, 0.3) is 28.0 Å². The van der Waals surface area contributed by atoms with E-state index in [1.807, 2.05) is 6.26 Å². The number of nitrogens with zero attached hydrogens (tertiary/aromatic N) is 3. The molecule has 3 atom stereocenters. The Morgan fingerprint density at radius 3 is 2.62 bits per heavy atom. The zero-order valence-electron chi connectivity index (χ0n) is 30.2. The first-order valence-corrected chi connectivity index (χ1v) is 19.7. The van der Waals surface area contributed by atoms with Crippen molar-refractivity contribution < 1.29 is 22.0 Å². The second-order valence-corrected chi connectivity index (χ2v) is 15.3. The van der Waals surface area contributed by atoms with Crippen LogP contribution in [-0.2, 0) is 12.6 Å². The summed E-state index contributed by atoms with van der Waals surface area (Å²) in [5, 5.41) is 11.2. The van der Waals surface area contributed by atoms with Crippen LogP contribution in [0.2, 0.25) is 0 Å². The molecule has 0 unspecified atom stereocenters. The third kappa shape index (κ3) is 9.32. The van der Waals surface area contributed by atoms with Crippen LogP contribution >= 0.6 is 11.8 Å². The van der Waals surface area contributed by atoms with Crippen molar-refractivity contribution in [1.82, 2.24) is 24.8 Å². The van der Waals surface area contributed by atoms with Crippen LogP contribution in [0.15, 0.2) is 52.3 Å². The molecule has 2 aromatic heterocycles. The predicted octanol–water partition coefficient (Wildman–Crippen LogP) is 8.55. The largest absolute Gasteiger partial charge is 0.416 e. The highest BCUT2D eigenvalue weighted by atomic mass is 32.2. The van der Waals surface area contributed by atoms with Gasteiger partial charge >= 0.3 is 11.9 Å². The number of halogens is 5. The summed E-state index contributed by atoms with van der Waals surface area (Å²) in [6, 6.07) is 8.62. The molecule has 8 nitrogen and oxygen atoms in total. The molecule has 1 saturated heterocycles. The van der Waals surface area contributed by atoms with Crippen molar-refractivity contribution in [3.05, 3.63) is 75.6 Å². The Hall–Kier alpha value is -3.75. The van der Waals surface area contributed by atoms with Crippen molar-refractivity contribution >= 4 is 28.6 Å². The summed E-state index contributed by atoms with van der Waals surface area (Å²) in [7, 11) is 0. The van der Waals surface area contributed by atoms with Gasteiger partial charge in [0.2, 0.25) is 0 Å². The summed E-state index contributed by atoms with van der Waals surface area (Å²) in [5.74, 6) is 0.414. The lowest BCUT2D eigenvalue weighted by Crippen LogP contribution is -2.44. The van der Waals surface area contributed by atoms with Gasteiger partial charge in [-0.15, -0.1) is 11.8 Å². The lowest BCUT2D eigenvalue weighted by Gasteiger charge is -2.43. The second-order valence-electron chi connectivity index (χ2n) is 14.5. The van der Waals surface area contributed by atoms with E-state index in [-0.39, 0.29) is 29.5 Å². The van der Waals surface area contributed by atoms with Crippen LogP contribution < -0.4 is 16.7 Å². The molecule has 0 radical (unpaired) electrons. The first-order valence-electron chi connectivity index (χ1n) is 18.4. The van der Waals surface area contributed by atoms with Gasteiger partial charge in [0.05, 0.1) is 23.8 Å². The van der Waals surface area contributed by atoms with Crippen LogP contribution in [0.3, 0.4) is 0 Å². The highest BCUT2D eigenvalue weighted by Gasteiger charge is 2.35. The molecular weight excluding hydrogens is 710 g/mol. The summed E-state index contributed by atoms with van der Waals surface area (Å²) in [4.78, 5) is 23.5. The van der Waals surface area contributed by atoms with E-state index in [0.29, 0.717) is 83.2 Å². The normalized spacial score (nSPS) is 18.8. The fourth-order valence-electron chi connectivity index (χ4n) is 7.76. The number of rotatable bonds is 15. The number of hydrogen-bond acceptors (Lipinski definition) is 6. The molecule has 1 aliphatic carbocycles. The third-order valence-corrected chi connectivity index (χ3v) is 11.4. The van der Waals surface area contributed by atoms with E-state index < -0.39 is 29.9 Å². The number of aromatic amines is 1. The maximum Gasteiger partial charge on any atom is 0.416 e. The molecule has 0 bridgehead atoms. The van der Waals surface area contributed by atoms with E-state index in [4.69, 9.17) is 11.1 Å². The first kappa shape index (κ1) is 39.0. The van der Waals surface area contributed by atoms with Gasteiger partial charge in [-0.05, 0) is 131 Å². The third-order valence-electron chi connectivity index (χ3n) is 10.6. The summed E-state index contributed by atoms with van der Waals surface area (Å²) in [5.41, 5.74) is 7.06. The SMILES string of the molecule is CSc1cc(-n2cc3cc(-c4cc(CCC[C@@H](N)C5CC5)cc(C(F)(F)F)c4)[nH]c3nc2=O)cc(F)c1[C@@H]1CCC[C@@H](CCNC(C)=N)N1CCCF. The molecule has 2 aromatic carbocycles. The molecule has 3 heterocycles. The van der Waals surface area contributed by atoms with Crippen molar-refractivity contribution in [2.24, 2.45) is 11.7 Å². The number of amidine groups is 1. The van der Waals surface area contributed by atoms with Gasteiger partial charge < -0.3 is 16.0 Å². The van der Waals surface area contributed by atoms with Crippen LogP contribution in [0.5, 0.6) is 0 Å². The van der Waals surface area contributed by atoms with E-state index >= 15 is 4.39 Å². The molecular formula is C39H48F5N7OS. The van der Waals surface area contributed by atoms with Gasteiger partial charge in [-0.2, -0.15) is 18.2 Å². The van der Waals surface area contributed by atoms with Gasteiger partial charge in [0.1, 0.15) is 11.5 Å². The quantitative estimate of drug-likeness (QED) is 0.0418. The highest BCUT2D eigenvalue weighted by molar-refractivity contribution is 7.98. The van der Waals surface area contributed by atoms with E-state index in [9.17, 15) is 22.4 Å². The fraction of sp³-hybridized carbons (Fsp3) is 0.513. The number of benzene rings is 2. The minimum absolute atomic E-state index is 0.0716. The number of likely N-dealkylation sites (tertiary alicyclic amines) is 1. The van der Waals surface area contributed by atoms with Gasteiger partial charge in [-0.25, -0.2) is 9.18 Å². The molecule has 286 valence electrons. The maximum absolute atomic E-state index is 16.4. The monoisotopic (exact) mass is 757 g/mol. The number of fused-ring (bicyclic) bond motifs is 1. The second kappa shape index (κ2) is 16.7. The number of aromatic nitrogens is 3. The zero-order chi connectivity index (χ0) is 37.9. The first-order chi connectivity index (χ1) is 25.4. The molecule has 5 N–H and O–H groups in total. The molecule has 53 heavy (non-hydrogen) atoms. The molecule has 2 fully saturated rings. The standard InChI is InChI=1S/C39H48F5N7OS/c1-23(45)47-14-12-29-7-4-9-34(50(29)15-5-13-40)36-31(41)20-30(21-35(36)53-2)51-22-27-19-33(48-37(27)49-38(51)52)26-16-24(17-28(18-26)39(42,43)44)6-3-8-32(46)25-10-11-25/h16-22,25,29,32,34H,3-15,46H2,1-2H3,(H2,45,47)(H,48,49,52)/t29-,32+,34-/m0/s1. The van der Waals surface area contributed by atoms with Crippen molar-refractivity contribution in [2.45, 2.75) is 100 Å². The molecule has 4 aromatic rings. The Morgan fingerprint density at radius 1 is 1.13 bits per heavy atom. The van der Waals surface area contributed by atoms with E-state index in [1.165, 1.54) is 34.7 Å². The van der Waals surface area contributed by atoms with Gasteiger partial charge in [-0.1, -0.05) is 0 Å². The summed E-state index contributed by atoms with van der Waals surface area (Å²) in [6.45, 7) is 2.27. The van der Waals surface area contributed by atoms with Crippen LogP contribution in [0.1, 0.15) is 87.4 Å². The Morgan fingerprint density at radius 2 is 1.92 bits per heavy atom. The topological polar surface area (TPSA) is 116 Å². The summed E-state index contributed by atoms with van der Waals surface area (Å²) >= 11 is 1.37. The smallest absolute Gasteiger partial charge is 0.374 e. The Balaban J connectivity index is 1.30. The number of alkyl halides is 4. The molecule has 1 saturated carbocycles. The lowest BCUT2D eigenvalue weighted by atomic mass is 9.88. The van der Waals surface area contributed by atoms with Crippen molar-refractivity contribution in [1.29, 1.82) is 5.41 Å². The van der Waals surface area contributed by atoms with Gasteiger partial charge in [0.25, 0.3) is 0 Å².